The van der Waals surface area contributed by atoms with Gasteiger partial charge in [0.05, 0.1) is 10.0 Å². The van der Waals surface area contributed by atoms with Crippen LogP contribution in [0.2, 0.25) is 10.0 Å². The summed E-state index contributed by atoms with van der Waals surface area (Å²) in [5, 5.41) is 8.26. The van der Waals surface area contributed by atoms with E-state index < -0.39 is 0 Å². The number of benzene rings is 2. The van der Waals surface area contributed by atoms with Crippen molar-refractivity contribution >= 4 is 58.0 Å². The maximum Gasteiger partial charge on any atom is 0.170 e. The van der Waals surface area contributed by atoms with Crippen molar-refractivity contribution < 1.29 is 0 Å². The average molecular weight is 399 g/mol. The molecule has 0 saturated carbocycles. The van der Waals surface area contributed by atoms with Crippen LogP contribution in [0.1, 0.15) is 18.1 Å². The minimum atomic E-state index is 0.593. The maximum atomic E-state index is 6.01. The van der Waals surface area contributed by atoms with Gasteiger partial charge in [-0.2, -0.15) is 11.8 Å². The van der Waals surface area contributed by atoms with Crippen molar-refractivity contribution in [2.24, 2.45) is 0 Å². The number of hydrogen-bond acceptors (Lipinski definition) is 2. The highest BCUT2D eigenvalue weighted by Crippen LogP contribution is 2.24. The van der Waals surface area contributed by atoms with Crippen LogP contribution in [0.3, 0.4) is 0 Å². The molecule has 0 saturated heterocycles. The van der Waals surface area contributed by atoms with Crippen LogP contribution in [0, 0.1) is 0 Å². The normalized spacial score (nSPS) is 10.5. The number of rotatable bonds is 7. The molecule has 0 aliphatic heterocycles. The lowest BCUT2D eigenvalue weighted by molar-refractivity contribution is 0.989. The van der Waals surface area contributed by atoms with Crippen LogP contribution in [0.4, 0.5) is 5.69 Å². The molecule has 128 valence electrons. The summed E-state index contributed by atoms with van der Waals surface area (Å²) >= 11 is 19.1. The van der Waals surface area contributed by atoms with E-state index in [-0.39, 0.29) is 0 Å². The number of halogens is 2. The maximum absolute atomic E-state index is 6.01. The van der Waals surface area contributed by atoms with Crippen molar-refractivity contribution in [1.29, 1.82) is 0 Å². The molecule has 6 heteroatoms. The molecule has 0 aromatic heterocycles. The molecule has 0 atom stereocenters. The summed E-state index contributed by atoms with van der Waals surface area (Å²) in [5.41, 5.74) is 3.50. The predicted molar refractivity (Wildman–Crippen MR) is 113 cm³/mol. The topological polar surface area (TPSA) is 24.1 Å². The van der Waals surface area contributed by atoms with Gasteiger partial charge >= 0.3 is 0 Å². The molecule has 24 heavy (non-hydrogen) atoms. The molecule has 0 heterocycles. The average Bonchev–Trinajstić information content (AvgIpc) is 2.58. The Morgan fingerprint density at radius 3 is 2.42 bits per heavy atom. The summed E-state index contributed by atoms with van der Waals surface area (Å²) in [6.45, 7) is 2.95. The van der Waals surface area contributed by atoms with Gasteiger partial charge in [0.15, 0.2) is 5.11 Å². The molecule has 0 bridgehead atoms. The van der Waals surface area contributed by atoms with E-state index >= 15 is 0 Å². The van der Waals surface area contributed by atoms with E-state index in [1.807, 2.05) is 42.1 Å². The zero-order valence-electron chi connectivity index (χ0n) is 13.4. The second-order valence-corrected chi connectivity index (χ2v) is 7.56. The Kier molecular flexibility index (Phi) is 8.19. The number of thiocarbonyl (C=S) groups is 1. The predicted octanol–water partition coefficient (Wildman–Crippen LogP) is 5.78. The Balaban J connectivity index is 1.64. The minimum absolute atomic E-state index is 0.593. The van der Waals surface area contributed by atoms with Crippen LogP contribution in [-0.4, -0.2) is 17.4 Å². The summed E-state index contributed by atoms with van der Waals surface area (Å²) in [6.07, 6.45) is 1.04. The number of nitrogens with one attached hydrogen (secondary N) is 2. The summed E-state index contributed by atoms with van der Waals surface area (Å²) < 4.78 is 0. The van der Waals surface area contributed by atoms with Gasteiger partial charge < -0.3 is 10.6 Å². The monoisotopic (exact) mass is 398 g/mol. The van der Waals surface area contributed by atoms with Gasteiger partial charge in [-0.1, -0.05) is 48.3 Å². The highest BCUT2D eigenvalue weighted by molar-refractivity contribution is 7.98. The van der Waals surface area contributed by atoms with Gasteiger partial charge in [-0.25, -0.2) is 0 Å². The van der Waals surface area contributed by atoms with Gasteiger partial charge in [-0.15, -0.1) is 0 Å². The zero-order valence-corrected chi connectivity index (χ0v) is 16.6. The highest BCUT2D eigenvalue weighted by Gasteiger charge is 2.01. The Bertz CT molecular complexity index is 675. The van der Waals surface area contributed by atoms with Crippen molar-refractivity contribution in [1.82, 2.24) is 5.32 Å². The van der Waals surface area contributed by atoms with Crippen molar-refractivity contribution in [3.8, 4) is 0 Å². The first-order valence-electron chi connectivity index (χ1n) is 7.74. The molecule has 2 N–H and O–H groups in total. The summed E-state index contributed by atoms with van der Waals surface area (Å²) in [5.74, 6) is 1.86. The Morgan fingerprint density at radius 2 is 1.75 bits per heavy atom. The van der Waals surface area contributed by atoms with Crippen LogP contribution < -0.4 is 10.6 Å². The molecule has 2 nitrogen and oxygen atoms in total. The number of anilines is 1. The van der Waals surface area contributed by atoms with Crippen molar-refractivity contribution in [2.45, 2.75) is 19.1 Å². The molecule has 0 radical (unpaired) electrons. The molecule has 2 rings (SSSR count). The van der Waals surface area contributed by atoms with Crippen molar-refractivity contribution in [3.05, 3.63) is 63.6 Å². The molecule has 2 aromatic rings. The minimum Gasteiger partial charge on any atom is -0.362 e. The van der Waals surface area contributed by atoms with E-state index in [0.29, 0.717) is 15.2 Å². The third-order valence-electron chi connectivity index (χ3n) is 3.40. The van der Waals surface area contributed by atoms with E-state index in [9.17, 15) is 0 Å². The lowest BCUT2D eigenvalue weighted by Crippen LogP contribution is -2.30. The zero-order chi connectivity index (χ0) is 17.4. The van der Waals surface area contributed by atoms with Gasteiger partial charge in [0, 0.05) is 23.7 Å². The van der Waals surface area contributed by atoms with Gasteiger partial charge in [-0.3, -0.25) is 0 Å². The summed E-state index contributed by atoms with van der Waals surface area (Å²) in [6, 6.07) is 14.1. The van der Waals surface area contributed by atoms with Crippen LogP contribution in [0.15, 0.2) is 42.5 Å². The van der Waals surface area contributed by atoms with Crippen LogP contribution in [-0.2, 0) is 12.2 Å². The lowest BCUT2D eigenvalue weighted by atomic mass is 10.1. The molecule has 0 aliphatic carbocycles. The first-order chi connectivity index (χ1) is 11.6. The Hall–Kier alpha value is -0.940. The number of aryl methyl sites for hydroxylation is 1. The van der Waals surface area contributed by atoms with E-state index in [0.717, 1.165) is 30.2 Å². The molecular formula is C18H20Cl2N2S2. The second-order valence-electron chi connectivity index (χ2n) is 5.23. The van der Waals surface area contributed by atoms with Crippen molar-refractivity contribution in [2.75, 3.05) is 17.6 Å². The SMILES string of the molecule is CCc1ccc(NC(=S)NCCSCc2ccc(Cl)c(Cl)c2)cc1. The third kappa shape index (κ3) is 6.52. The van der Waals surface area contributed by atoms with Gasteiger partial charge in [0.1, 0.15) is 0 Å². The highest BCUT2D eigenvalue weighted by atomic mass is 35.5. The molecule has 2 aromatic carbocycles. The standard InChI is InChI=1S/C18H20Cl2N2S2/c1-2-13-3-6-15(7-4-13)22-18(23)21-9-10-24-12-14-5-8-16(19)17(20)11-14/h3-8,11H,2,9-10,12H2,1H3,(H2,21,22,23). The van der Waals surface area contributed by atoms with Crippen molar-refractivity contribution in [3.63, 3.8) is 0 Å². The van der Waals surface area contributed by atoms with Crippen LogP contribution in [0.5, 0.6) is 0 Å². The first kappa shape index (κ1) is 19.4. The Labute approximate surface area is 163 Å². The number of thioether (sulfide) groups is 1. The molecule has 0 unspecified atom stereocenters. The summed E-state index contributed by atoms with van der Waals surface area (Å²) in [4.78, 5) is 0. The van der Waals surface area contributed by atoms with Crippen LogP contribution in [0.25, 0.3) is 0 Å². The van der Waals surface area contributed by atoms with Gasteiger partial charge in [-0.05, 0) is 54.0 Å². The lowest BCUT2D eigenvalue weighted by Gasteiger charge is -2.11. The number of hydrogen-bond donors (Lipinski definition) is 2. The quantitative estimate of drug-likeness (QED) is 0.456. The molecule has 0 fully saturated rings. The Morgan fingerprint density at radius 1 is 1.04 bits per heavy atom. The van der Waals surface area contributed by atoms with E-state index in [1.54, 1.807) is 0 Å². The smallest absolute Gasteiger partial charge is 0.170 e. The molecule has 0 amide bonds. The third-order valence-corrected chi connectivity index (χ3v) is 5.42. The van der Waals surface area contributed by atoms with E-state index in [1.165, 1.54) is 11.1 Å². The molecular weight excluding hydrogens is 379 g/mol. The van der Waals surface area contributed by atoms with Gasteiger partial charge in [0.2, 0.25) is 0 Å². The fraction of sp³-hybridized carbons (Fsp3) is 0.278. The summed E-state index contributed by atoms with van der Waals surface area (Å²) in [7, 11) is 0. The largest absolute Gasteiger partial charge is 0.362 e. The van der Waals surface area contributed by atoms with Crippen LogP contribution >= 0.6 is 47.2 Å². The van der Waals surface area contributed by atoms with Gasteiger partial charge in [0.25, 0.3) is 0 Å². The van der Waals surface area contributed by atoms with E-state index in [2.05, 4.69) is 29.7 Å². The second kappa shape index (κ2) is 10.1. The first-order valence-corrected chi connectivity index (χ1v) is 10.1. The molecule has 0 aliphatic rings. The fourth-order valence-corrected chi connectivity index (χ4v) is 3.40. The fourth-order valence-electron chi connectivity index (χ4n) is 2.06. The molecule has 0 spiro atoms. The van der Waals surface area contributed by atoms with E-state index in [4.69, 9.17) is 35.4 Å².